The second-order valence-electron chi connectivity index (χ2n) is 6.29. The fraction of sp³-hybridized carbons (Fsp3) is 0.857. The van der Waals surface area contributed by atoms with Crippen molar-refractivity contribution < 1.29 is 19.8 Å². The van der Waals surface area contributed by atoms with Gasteiger partial charge in [0.25, 0.3) is 0 Å². The standard InChI is InChI=1S/C14H24N2O4/c1-14(12(18)19)8-2-3-11(14)16-13(20)15-9-4-6-10(17)7-5-9/h9-11,17H,2-8H2,1H3,(H,18,19)(H2,15,16,20). The van der Waals surface area contributed by atoms with Gasteiger partial charge in [0.15, 0.2) is 0 Å². The number of rotatable bonds is 3. The fourth-order valence-corrected chi connectivity index (χ4v) is 3.26. The lowest BCUT2D eigenvalue weighted by molar-refractivity contribution is -0.148. The summed E-state index contributed by atoms with van der Waals surface area (Å²) >= 11 is 0. The number of hydrogen-bond donors (Lipinski definition) is 4. The number of aliphatic hydroxyl groups excluding tert-OH is 1. The second-order valence-corrected chi connectivity index (χ2v) is 6.29. The Morgan fingerprint density at radius 1 is 1.10 bits per heavy atom. The zero-order chi connectivity index (χ0) is 14.8. The molecule has 0 spiro atoms. The van der Waals surface area contributed by atoms with Crippen molar-refractivity contribution in [1.29, 1.82) is 0 Å². The summed E-state index contributed by atoms with van der Waals surface area (Å²) in [6.07, 6.45) is 4.85. The summed E-state index contributed by atoms with van der Waals surface area (Å²) in [7, 11) is 0. The van der Waals surface area contributed by atoms with Crippen molar-refractivity contribution in [3.8, 4) is 0 Å². The molecule has 0 radical (unpaired) electrons. The van der Waals surface area contributed by atoms with Crippen LogP contribution in [0.15, 0.2) is 0 Å². The van der Waals surface area contributed by atoms with Crippen LogP contribution in [0.3, 0.4) is 0 Å². The summed E-state index contributed by atoms with van der Waals surface area (Å²) in [6, 6.07) is -0.518. The van der Waals surface area contributed by atoms with Gasteiger partial charge in [-0.25, -0.2) is 4.79 Å². The molecule has 114 valence electrons. The van der Waals surface area contributed by atoms with Crippen LogP contribution in [0.2, 0.25) is 0 Å². The van der Waals surface area contributed by atoms with Crippen molar-refractivity contribution in [2.45, 2.75) is 70.1 Å². The van der Waals surface area contributed by atoms with Crippen molar-refractivity contribution in [2.24, 2.45) is 5.41 Å². The molecule has 2 saturated carbocycles. The van der Waals surface area contributed by atoms with Gasteiger partial charge in [0.05, 0.1) is 11.5 Å². The molecule has 6 nitrogen and oxygen atoms in total. The number of amides is 2. The number of hydrogen-bond acceptors (Lipinski definition) is 3. The normalized spacial score (nSPS) is 37.4. The van der Waals surface area contributed by atoms with Gasteiger partial charge in [-0.3, -0.25) is 4.79 Å². The van der Waals surface area contributed by atoms with E-state index in [1.54, 1.807) is 6.92 Å². The average molecular weight is 284 g/mol. The number of nitrogens with one attached hydrogen (secondary N) is 2. The van der Waals surface area contributed by atoms with Crippen molar-refractivity contribution in [1.82, 2.24) is 10.6 Å². The van der Waals surface area contributed by atoms with Crippen molar-refractivity contribution in [3.63, 3.8) is 0 Å². The lowest BCUT2D eigenvalue weighted by Gasteiger charge is -2.30. The average Bonchev–Trinajstić information content (AvgIpc) is 2.75. The number of carboxylic acids is 1. The summed E-state index contributed by atoms with van der Waals surface area (Å²) in [5.74, 6) is -0.846. The molecule has 0 aromatic carbocycles. The summed E-state index contributed by atoms with van der Waals surface area (Å²) in [4.78, 5) is 23.3. The third-order valence-electron chi connectivity index (χ3n) is 4.78. The van der Waals surface area contributed by atoms with E-state index < -0.39 is 11.4 Å². The molecule has 2 atom stereocenters. The first kappa shape index (κ1) is 15.1. The molecule has 2 amide bonds. The van der Waals surface area contributed by atoms with Crippen molar-refractivity contribution in [3.05, 3.63) is 0 Å². The Labute approximate surface area is 118 Å². The Kier molecular flexibility index (Phi) is 4.52. The van der Waals surface area contributed by atoms with Crippen LogP contribution >= 0.6 is 0 Å². The third kappa shape index (κ3) is 3.23. The smallest absolute Gasteiger partial charge is 0.315 e. The number of carbonyl (C=O) groups excluding carboxylic acids is 1. The van der Waals surface area contributed by atoms with Gasteiger partial charge in [0, 0.05) is 12.1 Å². The van der Waals surface area contributed by atoms with Gasteiger partial charge in [-0.1, -0.05) is 6.42 Å². The van der Waals surface area contributed by atoms with Gasteiger partial charge in [-0.15, -0.1) is 0 Å². The molecule has 0 bridgehead atoms. The van der Waals surface area contributed by atoms with Crippen LogP contribution in [0, 0.1) is 5.41 Å². The van der Waals surface area contributed by atoms with Gasteiger partial charge in [-0.2, -0.15) is 0 Å². The molecular formula is C14H24N2O4. The molecule has 2 aliphatic carbocycles. The molecule has 0 heterocycles. The molecular weight excluding hydrogens is 260 g/mol. The van der Waals surface area contributed by atoms with Gasteiger partial charge in [0.2, 0.25) is 0 Å². The zero-order valence-electron chi connectivity index (χ0n) is 11.9. The molecule has 0 saturated heterocycles. The fourth-order valence-electron chi connectivity index (χ4n) is 3.26. The van der Waals surface area contributed by atoms with Gasteiger partial charge in [0.1, 0.15) is 0 Å². The minimum Gasteiger partial charge on any atom is -0.481 e. The van der Waals surface area contributed by atoms with E-state index in [4.69, 9.17) is 0 Å². The second kappa shape index (κ2) is 5.99. The predicted molar refractivity (Wildman–Crippen MR) is 73.3 cm³/mol. The van der Waals surface area contributed by atoms with E-state index in [2.05, 4.69) is 10.6 Å². The molecule has 2 fully saturated rings. The Balaban J connectivity index is 1.84. The molecule has 0 aliphatic heterocycles. The zero-order valence-corrected chi connectivity index (χ0v) is 11.9. The SMILES string of the molecule is CC1(C(=O)O)CCCC1NC(=O)NC1CCC(O)CC1. The summed E-state index contributed by atoms with van der Waals surface area (Å²) in [5.41, 5.74) is -0.861. The topological polar surface area (TPSA) is 98.7 Å². The Bertz CT molecular complexity index is 379. The van der Waals surface area contributed by atoms with E-state index in [9.17, 15) is 19.8 Å². The highest BCUT2D eigenvalue weighted by Gasteiger charge is 2.46. The Hall–Kier alpha value is -1.30. The maximum absolute atomic E-state index is 12.0. The molecule has 6 heteroatoms. The van der Waals surface area contributed by atoms with Crippen LogP contribution in [0.5, 0.6) is 0 Å². The number of carboxylic acid groups (broad SMARTS) is 1. The van der Waals surface area contributed by atoms with Crippen LogP contribution in [0.25, 0.3) is 0 Å². The van der Waals surface area contributed by atoms with Crippen LogP contribution < -0.4 is 10.6 Å². The molecule has 2 rings (SSSR count). The molecule has 4 N–H and O–H groups in total. The van der Waals surface area contributed by atoms with Gasteiger partial charge >= 0.3 is 12.0 Å². The highest BCUT2D eigenvalue weighted by atomic mass is 16.4. The summed E-state index contributed by atoms with van der Waals surface area (Å²) in [6.45, 7) is 1.70. The lowest BCUT2D eigenvalue weighted by Crippen LogP contribution is -2.52. The maximum Gasteiger partial charge on any atom is 0.315 e. The number of urea groups is 1. The van der Waals surface area contributed by atoms with Gasteiger partial charge < -0.3 is 20.8 Å². The molecule has 2 aliphatic rings. The summed E-state index contributed by atoms with van der Waals surface area (Å²) < 4.78 is 0. The Morgan fingerprint density at radius 2 is 1.75 bits per heavy atom. The number of carbonyl (C=O) groups is 2. The van der Waals surface area contributed by atoms with E-state index in [1.165, 1.54) is 0 Å². The first-order valence-corrected chi connectivity index (χ1v) is 7.40. The van der Waals surface area contributed by atoms with Crippen LogP contribution in [-0.4, -0.2) is 40.4 Å². The van der Waals surface area contributed by atoms with Crippen LogP contribution in [-0.2, 0) is 4.79 Å². The van der Waals surface area contributed by atoms with Crippen LogP contribution in [0.4, 0.5) is 4.79 Å². The molecule has 20 heavy (non-hydrogen) atoms. The van der Waals surface area contributed by atoms with E-state index in [0.29, 0.717) is 25.7 Å². The van der Waals surface area contributed by atoms with E-state index in [-0.39, 0.29) is 24.2 Å². The highest BCUT2D eigenvalue weighted by Crippen LogP contribution is 2.38. The number of aliphatic hydroxyl groups is 1. The van der Waals surface area contributed by atoms with E-state index in [1.807, 2.05) is 0 Å². The lowest BCUT2D eigenvalue weighted by atomic mass is 9.85. The molecule has 0 aromatic heterocycles. The first-order valence-electron chi connectivity index (χ1n) is 7.40. The minimum absolute atomic E-state index is 0.0795. The minimum atomic E-state index is -0.861. The highest BCUT2D eigenvalue weighted by molar-refractivity contribution is 5.79. The van der Waals surface area contributed by atoms with Crippen molar-refractivity contribution >= 4 is 12.0 Å². The predicted octanol–water partition coefficient (Wildman–Crippen LogP) is 1.23. The summed E-state index contributed by atoms with van der Waals surface area (Å²) in [5, 5.41) is 24.4. The Morgan fingerprint density at radius 3 is 2.35 bits per heavy atom. The molecule has 0 aromatic rings. The monoisotopic (exact) mass is 284 g/mol. The van der Waals surface area contributed by atoms with Gasteiger partial charge in [-0.05, 0) is 45.4 Å². The van der Waals surface area contributed by atoms with Crippen molar-refractivity contribution in [2.75, 3.05) is 0 Å². The largest absolute Gasteiger partial charge is 0.481 e. The van der Waals surface area contributed by atoms with E-state index in [0.717, 1.165) is 19.3 Å². The number of aliphatic carboxylic acids is 1. The maximum atomic E-state index is 12.0. The quantitative estimate of drug-likeness (QED) is 0.626. The first-order chi connectivity index (χ1) is 9.41. The molecule has 2 unspecified atom stereocenters. The third-order valence-corrected chi connectivity index (χ3v) is 4.78. The van der Waals surface area contributed by atoms with E-state index >= 15 is 0 Å². The van der Waals surface area contributed by atoms with Crippen LogP contribution in [0.1, 0.15) is 51.9 Å².